The predicted octanol–water partition coefficient (Wildman–Crippen LogP) is 4.74. The fourth-order valence-corrected chi connectivity index (χ4v) is 9.01. The van der Waals surface area contributed by atoms with Crippen molar-refractivity contribution in [2.24, 2.45) is 11.8 Å². The molecule has 0 aliphatic heterocycles. The molecule has 1 saturated carbocycles. The molecular weight excluding hydrogens is 240 g/mol. The summed E-state index contributed by atoms with van der Waals surface area (Å²) in [7, 11) is 1.57. The largest absolute Gasteiger partial charge is 0.397 e. The van der Waals surface area contributed by atoms with Gasteiger partial charge in [-0.15, -0.1) is 0 Å². The van der Waals surface area contributed by atoms with Crippen molar-refractivity contribution in [3.8, 4) is 0 Å². The first-order valence-corrected chi connectivity index (χ1v) is 9.37. The third kappa shape index (κ3) is 2.41. The molecule has 0 bridgehead atoms. The highest BCUT2D eigenvalue weighted by Gasteiger charge is 2.59. The van der Waals surface area contributed by atoms with Gasteiger partial charge in [-0.05, 0) is 18.3 Å². The maximum Gasteiger partial charge on any atom is 0.347 e. The first kappa shape index (κ1) is 16.2. The van der Waals surface area contributed by atoms with Crippen LogP contribution in [0.25, 0.3) is 0 Å². The van der Waals surface area contributed by atoms with Gasteiger partial charge in [-0.2, -0.15) is 0 Å². The van der Waals surface area contributed by atoms with Crippen LogP contribution < -0.4 is 0 Å². The zero-order valence-corrected chi connectivity index (χ0v) is 14.4. The summed E-state index contributed by atoms with van der Waals surface area (Å²) in [5.41, 5.74) is 0.662. The summed E-state index contributed by atoms with van der Waals surface area (Å²) < 4.78 is 12.3. The number of rotatable bonds is 6. The van der Waals surface area contributed by atoms with Crippen LogP contribution in [0.5, 0.6) is 0 Å². The van der Waals surface area contributed by atoms with Gasteiger partial charge >= 0.3 is 8.56 Å². The summed E-state index contributed by atoms with van der Waals surface area (Å²) in [5, 5.41) is 0.152. The van der Waals surface area contributed by atoms with E-state index in [1.54, 1.807) is 0 Å². The van der Waals surface area contributed by atoms with E-state index in [9.17, 15) is 0 Å². The van der Waals surface area contributed by atoms with Crippen LogP contribution in [-0.4, -0.2) is 22.8 Å². The Balaban J connectivity index is 3.14. The second-order valence-electron chi connectivity index (χ2n) is 6.66. The van der Waals surface area contributed by atoms with Crippen molar-refractivity contribution in [3.05, 3.63) is 0 Å². The molecular formula is C15H32O2Si. The maximum atomic E-state index is 6.15. The predicted molar refractivity (Wildman–Crippen MR) is 80.0 cm³/mol. The first-order chi connectivity index (χ1) is 8.37. The van der Waals surface area contributed by atoms with Gasteiger partial charge in [-0.3, -0.25) is 0 Å². The van der Waals surface area contributed by atoms with Gasteiger partial charge in [0.25, 0.3) is 0 Å². The number of hydrogen-bond acceptors (Lipinski definition) is 2. The van der Waals surface area contributed by atoms with Crippen molar-refractivity contribution in [1.29, 1.82) is 0 Å². The SMILES string of the molecule is CCC1CCCC1[Si](OC)(OC)C(C)(C)C(C)C. The smallest absolute Gasteiger partial charge is 0.347 e. The fraction of sp³-hybridized carbons (Fsp3) is 1.00. The third-order valence-corrected chi connectivity index (χ3v) is 10.9. The fourth-order valence-electron chi connectivity index (χ4n) is 3.82. The molecule has 0 amide bonds. The molecule has 0 radical (unpaired) electrons. The summed E-state index contributed by atoms with van der Waals surface area (Å²) >= 11 is 0. The van der Waals surface area contributed by atoms with Crippen LogP contribution in [0.2, 0.25) is 10.6 Å². The lowest BCUT2D eigenvalue weighted by molar-refractivity contribution is 0.170. The van der Waals surface area contributed by atoms with Crippen molar-refractivity contribution in [3.63, 3.8) is 0 Å². The van der Waals surface area contributed by atoms with Gasteiger partial charge < -0.3 is 8.85 Å². The molecule has 108 valence electrons. The van der Waals surface area contributed by atoms with Crippen molar-refractivity contribution in [2.75, 3.05) is 14.2 Å². The molecule has 1 aliphatic rings. The van der Waals surface area contributed by atoms with Gasteiger partial charge in [0, 0.05) is 24.8 Å². The quantitative estimate of drug-likeness (QED) is 0.650. The standard InChI is InChI=1S/C15H32O2Si/c1-8-13-10-9-11-14(13)18(16-6,17-7)15(4,5)12(2)3/h12-14H,8-11H2,1-7H3. The summed E-state index contributed by atoms with van der Waals surface area (Å²) in [6.07, 6.45) is 5.26. The van der Waals surface area contributed by atoms with E-state index in [0.717, 1.165) is 5.92 Å². The van der Waals surface area contributed by atoms with Gasteiger partial charge in [-0.25, -0.2) is 0 Å². The van der Waals surface area contributed by atoms with Gasteiger partial charge in [0.1, 0.15) is 0 Å². The lowest BCUT2D eigenvalue weighted by Crippen LogP contribution is -2.56. The minimum absolute atomic E-state index is 0.152. The van der Waals surface area contributed by atoms with Gasteiger partial charge in [0.05, 0.1) is 0 Å². The van der Waals surface area contributed by atoms with E-state index < -0.39 is 8.56 Å². The van der Waals surface area contributed by atoms with E-state index in [1.807, 2.05) is 14.2 Å². The second kappa shape index (κ2) is 6.06. The van der Waals surface area contributed by atoms with Crippen LogP contribution in [-0.2, 0) is 8.85 Å². The van der Waals surface area contributed by atoms with Gasteiger partial charge in [0.15, 0.2) is 0 Å². The average Bonchev–Trinajstić information content (AvgIpc) is 2.79. The molecule has 2 unspecified atom stereocenters. The Morgan fingerprint density at radius 2 is 1.72 bits per heavy atom. The van der Waals surface area contributed by atoms with Crippen LogP contribution in [0.3, 0.4) is 0 Å². The topological polar surface area (TPSA) is 18.5 Å². The molecule has 0 aromatic heterocycles. The molecule has 1 fully saturated rings. The van der Waals surface area contributed by atoms with E-state index in [2.05, 4.69) is 34.6 Å². The maximum absolute atomic E-state index is 6.15. The van der Waals surface area contributed by atoms with Gasteiger partial charge in [-0.1, -0.05) is 53.9 Å². The highest BCUT2D eigenvalue weighted by atomic mass is 28.4. The number of hydrogen-bond donors (Lipinski definition) is 0. The highest BCUT2D eigenvalue weighted by molar-refractivity contribution is 6.72. The van der Waals surface area contributed by atoms with Crippen molar-refractivity contribution in [1.82, 2.24) is 0 Å². The molecule has 0 aromatic rings. The molecule has 2 atom stereocenters. The normalized spacial score (nSPS) is 26.0. The van der Waals surface area contributed by atoms with E-state index >= 15 is 0 Å². The second-order valence-corrected chi connectivity index (χ2v) is 10.8. The van der Waals surface area contributed by atoms with Crippen molar-refractivity contribution in [2.45, 2.75) is 70.9 Å². The van der Waals surface area contributed by atoms with Gasteiger partial charge in [0.2, 0.25) is 0 Å². The minimum atomic E-state index is -2.19. The molecule has 18 heavy (non-hydrogen) atoms. The summed E-state index contributed by atoms with van der Waals surface area (Å²) in [5.74, 6) is 1.39. The molecule has 1 rings (SSSR count). The van der Waals surface area contributed by atoms with Crippen molar-refractivity contribution >= 4 is 8.56 Å². The van der Waals surface area contributed by atoms with Crippen LogP contribution >= 0.6 is 0 Å². The minimum Gasteiger partial charge on any atom is -0.397 e. The molecule has 0 heterocycles. The summed E-state index contributed by atoms with van der Waals surface area (Å²) in [6.45, 7) is 11.6. The Kier molecular flexibility index (Phi) is 5.45. The van der Waals surface area contributed by atoms with Crippen LogP contribution in [0.15, 0.2) is 0 Å². The van der Waals surface area contributed by atoms with E-state index in [-0.39, 0.29) is 5.04 Å². The zero-order chi connectivity index (χ0) is 14.0. The Labute approximate surface area is 115 Å². The highest BCUT2D eigenvalue weighted by Crippen LogP contribution is 2.57. The van der Waals surface area contributed by atoms with E-state index in [4.69, 9.17) is 8.85 Å². The lowest BCUT2D eigenvalue weighted by Gasteiger charge is -2.48. The monoisotopic (exact) mass is 272 g/mol. The Morgan fingerprint density at radius 3 is 2.11 bits per heavy atom. The van der Waals surface area contributed by atoms with Crippen LogP contribution in [0.4, 0.5) is 0 Å². The summed E-state index contributed by atoms with van der Waals surface area (Å²) in [4.78, 5) is 0. The third-order valence-electron chi connectivity index (χ3n) is 5.62. The molecule has 2 nitrogen and oxygen atoms in total. The first-order valence-electron chi connectivity index (χ1n) is 7.47. The molecule has 0 N–H and O–H groups in total. The van der Waals surface area contributed by atoms with E-state index in [0.29, 0.717) is 11.5 Å². The van der Waals surface area contributed by atoms with Crippen molar-refractivity contribution < 1.29 is 8.85 Å². The average molecular weight is 273 g/mol. The molecule has 0 aromatic carbocycles. The zero-order valence-electron chi connectivity index (χ0n) is 13.4. The van der Waals surface area contributed by atoms with Crippen LogP contribution in [0.1, 0.15) is 60.3 Å². The van der Waals surface area contributed by atoms with Crippen LogP contribution in [0, 0.1) is 11.8 Å². The lowest BCUT2D eigenvalue weighted by atomic mass is 9.99. The van der Waals surface area contributed by atoms with E-state index in [1.165, 1.54) is 25.7 Å². The summed E-state index contributed by atoms with van der Waals surface area (Å²) in [6, 6.07) is 0. The molecule has 3 heteroatoms. The molecule has 1 aliphatic carbocycles. The molecule has 0 saturated heterocycles. The molecule has 0 spiro atoms. The Hall–Kier alpha value is 0.137. The Morgan fingerprint density at radius 1 is 1.17 bits per heavy atom. The Bertz CT molecular complexity index is 259.